The van der Waals surface area contributed by atoms with Crippen LogP contribution in [0.25, 0.3) is 0 Å². The standard InChI is InChI=1S/C15H26N2O2S/c1-3-5-7-13(4-2)12-17-20(18,19)15-9-6-8-14(10-15)11-16/h6,8-10,13,17H,3-5,7,11-12,16H2,1-2H3. The largest absolute Gasteiger partial charge is 0.326 e. The molecule has 20 heavy (non-hydrogen) atoms. The van der Waals surface area contributed by atoms with Gasteiger partial charge in [0.15, 0.2) is 0 Å². The van der Waals surface area contributed by atoms with Crippen LogP contribution in [0, 0.1) is 5.92 Å². The molecule has 0 amide bonds. The fourth-order valence-corrected chi connectivity index (χ4v) is 3.28. The van der Waals surface area contributed by atoms with Crippen LogP contribution in [0.4, 0.5) is 0 Å². The Balaban J connectivity index is 2.68. The van der Waals surface area contributed by atoms with Gasteiger partial charge in [-0.1, -0.05) is 45.2 Å². The van der Waals surface area contributed by atoms with E-state index in [1.807, 2.05) is 6.07 Å². The first kappa shape index (κ1) is 17.1. The van der Waals surface area contributed by atoms with Crippen molar-refractivity contribution in [3.63, 3.8) is 0 Å². The highest BCUT2D eigenvalue weighted by Gasteiger charge is 2.16. The van der Waals surface area contributed by atoms with Crippen molar-refractivity contribution in [3.8, 4) is 0 Å². The van der Waals surface area contributed by atoms with Gasteiger partial charge in [-0.15, -0.1) is 0 Å². The Morgan fingerprint density at radius 1 is 1.30 bits per heavy atom. The highest BCUT2D eigenvalue weighted by molar-refractivity contribution is 7.89. The summed E-state index contributed by atoms with van der Waals surface area (Å²) in [4.78, 5) is 0.297. The minimum Gasteiger partial charge on any atom is -0.326 e. The van der Waals surface area contributed by atoms with Gasteiger partial charge in [-0.2, -0.15) is 0 Å². The molecule has 0 aromatic heterocycles. The van der Waals surface area contributed by atoms with E-state index in [0.29, 0.717) is 23.9 Å². The first-order valence-corrected chi connectivity index (χ1v) is 8.80. The summed E-state index contributed by atoms with van der Waals surface area (Å²) in [6.45, 7) is 5.10. The third-order valence-corrected chi connectivity index (χ3v) is 4.97. The van der Waals surface area contributed by atoms with Crippen LogP contribution in [0.1, 0.15) is 45.1 Å². The first-order chi connectivity index (χ1) is 9.53. The van der Waals surface area contributed by atoms with Gasteiger partial charge in [0.05, 0.1) is 4.90 Å². The molecule has 3 N–H and O–H groups in total. The lowest BCUT2D eigenvalue weighted by atomic mass is 10.00. The summed E-state index contributed by atoms with van der Waals surface area (Å²) in [6.07, 6.45) is 4.34. The number of rotatable bonds is 9. The Hall–Kier alpha value is -0.910. The normalized spacial score (nSPS) is 13.3. The summed E-state index contributed by atoms with van der Waals surface area (Å²) >= 11 is 0. The molecule has 1 aromatic carbocycles. The Bertz CT molecular complexity index is 500. The van der Waals surface area contributed by atoms with Crippen molar-refractivity contribution in [3.05, 3.63) is 29.8 Å². The number of nitrogens with two attached hydrogens (primary N) is 1. The Kier molecular flexibility index (Phi) is 7.19. The molecule has 0 aliphatic rings. The van der Waals surface area contributed by atoms with E-state index in [1.54, 1.807) is 18.2 Å². The summed E-state index contributed by atoms with van der Waals surface area (Å²) in [6, 6.07) is 6.80. The van der Waals surface area contributed by atoms with Crippen LogP contribution >= 0.6 is 0 Å². The molecule has 114 valence electrons. The second-order valence-electron chi connectivity index (χ2n) is 5.12. The van der Waals surface area contributed by atoms with Gasteiger partial charge in [-0.25, -0.2) is 13.1 Å². The van der Waals surface area contributed by atoms with Gasteiger partial charge in [0.25, 0.3) is 0 Å². The van der Waals surface area contributed by atoms with Gasteiger partial charge in [0.1, 0.15) is 0 Å². The highest BCUT2D eigenvalue weighted by atomic mass is 32.2. The van der Waals surface area contributed by atoms with Crippen molar-refractivity contribution in [2.75, 3.05) is 6.54 Å². The molecule has 0 aliphatic heterocycles. The van der Waals surface area contributed by atoms with E-state index in [4.69, 9.17) is 5.73 Å². The van der Waals surface area contributed by atoms with E-state index >= 15 is 0 Å². The van der Waals surface area contributed by atoms with Crippen molar-refractivity contribution in [1.82, 2.24) is 4.72 Å². The smallest absolute Gasteiger partial charge is 0.240 e. The lowest BCUT2D eigenvalue weighted by Crippen LogP contribution is -2.29. The predicted molar refractivity (Wildman–Crippen MR) is 82.8 cm³/mol. The topological polar surface area (TPSA) is 72.2 Å². The minimum absolute atomic E-state index is 0.297. The van der Waals surface area contributed by atoms with Crippen molar-refractivity contribution in [2.45, 2.75) is 51.0 Å². The van der Waals surface area contributed by atoms with Gasteiger partial charge in [0.2, 0.25) is 10.0 Å². The van der Waals surface area contributed by atoms with Crippen LogP contribution in [0.3, 0.4) is 0 Å². The maximum Gasteiger partial charge on any atom is 0.240 e. The second-order valence-corrected chi connectivity index (χ2v) is 6.89. The van der Waals surface area contributed by atoms with Gasteiger partial charge < -0.3 is 5.73 Å². The maximum absolute atomic E-state index is 12.2. The number of nitrogens with one attached hydrogen (secondary N) is 1. The molecule has 0 radical (unpaired) electrons. The fraction of sp³-hybridized carbons (Fsp3) is 0.600. The average Bonchev–Trinajstić information content (AvgIpc) is 2.47. The molecule has 1 atom stereocenters. The molecule has 1 unspecified atom stereocenters. The molecule has 1 rings (SSSR count). The quantitative estimate of drug-likeness (QED) is 0.736. The molecule has 4 nitrogen and oxygen atoms in total. The third kappa shape index (κ3) is 5.23. The number of sulfonamides is 1. The van der Waals surface area contributed by atoms with Crippen LogP contribution in [0.15, 0.2) is 29.2 Å². The monoisotopic (exact) mass is 298 g/mol. The summed E-state index contributed by atoms with van der Waals surface area (Å²) in [5.74, 6) is 0.405. The van der Waals surface area contributed by atoms with Crippen molar-refractivity contribution in [1.29, 1.82) is 0 Å². The molecule has 0 saturated carbocycles. The summed E-state index contributed by atoms with van der Waals surface area (Å²) in [5.41, 5.74) is 6.37. The lowest BCUT2D eigenvalue weighted by molar-refractivity contribution is 0.443. The second kappa shape index (κ2) is 8.39. The summed E-state index contributed by atoms with van der Waals surface area (Å²) in [7, 11) is -3.43. The van der Waals surface area contributed by atoms with Gasteiger partial charge in [-0.05, 0) is 30.0 Å². The summed E-state index contributed by atoms with van der Waals surface area (Å²) in [5, 5.41) is 0. The van der Waals surface area contributed by atoms with E-state index in [0.717, 1.165) is 31.2 Å². The lowest BCUT2D eigenvalue weighted by Gasteiger charge is -2.15. The van der Waals surface area contributed by atoms with Crippen molar-refractivity contribution in [2.24, 2.45) is 11.7 Å². The minimum atomic E-state index is -3.43. The molecule has 1 aromatic rings. The third-order valence-electron chi connectivity index (χ3n) is 3.55. The molecular formula is C15H26N2O2S. The van der Waals surface area contributed by atoms with Crippen molar-refractivity contribution >= 4 is 10.0 Å². The highest BCUT2D eigenvalue weighted by Crippen LogP contribution is 2.14. The zero-order valence-electron chi connectivity index (χ0n) is 12.4. The van der Waals surface area contributed by atoms with E-state index in [2.05, 4.69) is 18.6 Å². The summed E-state index contributed by atoms with van der Waals surface area (Å²) < 4.78 is 27.2. The molecule has 5 heteroatoms. The molecule has 0 heterocycles. The number of hydrogen-bond donors (Lipinski definition) is 2. The fourth-order valence-electron chi connectivity index (χ4n) is 2.09. The maximum atomic E-state index is 12.2. The molecule has 0 bridgehead atoms. The number of benzene rings is 1. The van der Waals surface area contributed by atoms with Gasteiger partial charge in [-0.3, -0.25) is 0 Å². The van der Waals surface area contributed by atoms with E-state index in [-0.39, 0.29) is 0 Å². The Morgan fingerprint density at radius 3 is 2.65 bits per heavy atom. The SMILES string of the molecule is CCCCC(CC)CNS(=O)(=O)c1cccc(CN)c1. The van der Waals surface area contributed by atoms with E-state index < -0.39 is 10.0 Å². The van der Waals surface area contributed by atoms with Crippen LogP contribution in [-0.2, 0) is 16.6 Å². The Morgan fingerprint density at radius 2 is 2.05 bits per heavy atom. The first-order valence-electron chi connectivity index (χ1n) is 7.32. The number of hydrogen-bond acceptors (Lipinski definition) is 3. The van der Waals surface area contributed by atoms with E-state index in [9.17, 15) is 8.42 Å². The Labute approximate surface area is 122 Å². The van der Waals surface area contributed by atoms with Crippen LogP contribution in [0.2, 0.25) is 0 Å². The predicted octanol–water partition coefficient (Wildman–Crippen LogP) is 2.64. The van der Waals surface area contributed by atoms with Gasteiger partial charge >= 0.3 is 0 Å². The molecular weight excluding hydrogens is 272 g/mol. The molecule has 0 spiro atoms. The van der Waals surface area contributed by atoms with E-state index in [1.165, 1.54) is 0 Å². The molecule has 0 aliphatic carbocycles. The molecule has 0 saturated heterocycles. The van der Waals surface area contributed by atoms with Crippen LogP contribution < -0.4 is 10.5 Å². The van der Waals surface area contributed by atoms with Gasteiger partial charge in [0, 0.05) is 13.1 Å². The number of unbranched alkanes of at least 4 members (excludes halogenated alkanes) is 1. The zero-order valence-corrected chi connectivity index (χ0v) is 13.2. The zero-order chi connectivity index (χ0) is 15.0. The molecule has 0 fully saturated rings. The van der Waals surface area contributed by atoms with Crippen LogP contribution in [-0.4, -0.2) is 15.0 Å². The van der Waals surface area contributed by atoms with Crippen molar-refractivity contribution < 1.29 is 8.42 Å². The van der Waals surface area contributed by atoms with Crippen LogP contribution in [0.5, 0.6) is 0 Å². The average molecular weight is 298 g/mol.